The molecule has 1 rings (SSSR count). The van der Waals surface area contributed by atoms with Gasteiger partial charge in [-0.1, -0.05) is 13.8 Å². The number of carbonyl (C=O) groups is 2. The van der Waals surface area contributed by atoms with Gasteiger partial charge in [-0.15, -0.1) is 0 Å². The highest BCUT2D eigenvalue weighted by atomic mass is 16.4. The van der Waals surface area contributed by atoms with Gasteiger partial charge in [-0.2, -0.15) is 0 Å². The Balaban J connectivity index is 2.56. The molecule has 0 heterocycles. The van der Waals surface area contributed by atoms with Crippen LogP contribution < -0.4 is 0 Å². The van der Waals surface area contributed by atoms with Crippen LogP contribution in [0.2, 0.25) is 0 Å². The zero-order valence-electron chi connectivity index (χ0n) is 7.50. The summed E-state index contributed by atoms with van der Waals surface area (Å²) in [5.74, 6) is -2.19. The van der Waals surface area contributed by atoms with Crippen molar-refractivity contribution >= 4 is 11.9 Å². The third-order valence-electron chi connectivity index (χ3n) is 2.43. The van der Waals surface area contributed by atoms with Crippen LogP contribution in [-0.2, 0) is 9.59 Å². The third kappa shape index (κ3) is 1.42. The van der Waals surface area contributed by atoms with E-state index >= 15 is 0 Å². The standard InChI is InChI=1S/C8H13NO3/c1-8(2)4-5(8)9(3)6(10)7(11)12/h5H,4H2,1-3H3,(H,11,12). The molecule has 1 N–H and O–H groups in total. The quantitative estimate of drug-likeness (QED) is 0.578. The number of hydrogen-bond acceptors (Lipinski definition) is 2. The fraction of sp³-hybridized carbons (Fsp3) is 0.750. The van der Waals surface area contributed by atoms with Crippen molar-refractivity contribution in [3.63, 3.8) is 0 Å². The Kier molecular flexibility index (Phi) is 1.86. The molecule has 0 saturated heterocycles. The molecule has 68 valence electrons. The number of aliphatic carboxylic acids is 1. The summed E-state index contributed by atoms with van der Waals surface area (Å²) in [5.41, 5.74) is 0.0971. The summed E-state index contributed by atoms with van der Waals surface area (Å²) in [6.45, 7) is 4.03. The molecule has 0 aromatic rings. The van der Waals surface area contributed by atoms with E-state index in [1.165, 1.54) is 11.9 Å². The lowest BCUT2D eigenvalue weighted by molar-refractivity contribution is -0.155. The summed E-state index contributed by atoms with van der Waals surface area (Å²) in [7, 11) is 1.54. The predicted octanol–water partition coefficient (Wildman–Crippen LogP) is 0.328. The molecule has 1 aliphatic carbocycles. The van der Waals surface area contributed by atoms with Crippen LogP contribution in [0, 0.1) is 5.41 Å². The lowest BCUT2D eigenvalue weighted by Crippen LogP contribution is -2.36. The Morgan fingerprint density at radius 1 is 1.50 bits per heavy atom. The Morgan fingerprint density at radius 2 is 1.92 bits per heavy atom. The normalized spacial score (nSPS) is 24.8. The predicted molar refractivity (Wildman–Crippen MR) is 42.6 cm³/mol. The highest BCUT2D eigenvalue weighted by Crippen LogP contribution is 2.47. The van der Waals surface area contributed by atoms with Crippen molar-refractivity contribution in [1.29, 1.82) is 0 Å². The SMILES string of the molecule is CN(C(=O)C(=O)O)C1CC1(C)C. The molecule has 0 bridgehead atoms. The molecule has 1 unspecified atom stereocenters. The van der Waals surface area contributed by atoms with Gasteiger partial charge in [0.25, 0.3) is 0 Å². The van der Waals surface area contributed by atoms with Gasteiger partial charge in [0, 0.05) is 13.1 Å². The number of amides is 1. The molecule has 1 aliphatic rings. The van der Waals surface area contributed by atoms with E-state index in [1.54, 1.807) is 0 Å². The molecule has 1 saturated carbocycles. The number of likely N-dealkylation sites (N-methyl/N-ethyl adjacent to an activating group) is 1. The average Bonchev–Trinajstić information content (AvgIpc) is 2.56. The van der Waals surface area contributed by atoms with E-state index in [1.807, 2.05) is 13.8 Å². The number of nitrogens with zero attached hydrogens (tertiary/aromatic N) is 1. The topological polar surface area (TPSA) is 57.6 Å². The van der Waals surface area contributed by atoms with E-state index in [2.05, 4.69) is 0 Å². The molecule has 0 aromatic carbocycles. The molecule has 1 amide bonds. The van der Waals surface area contributed by atoms with Crippen molar-refractivity contribution in [3.8, 4) is 0 Å². The van der Waals surface area contributed by atoms with Gasteiger partial charge < -0.3 is 10.0 Å². The average molecular weight is 171 g/mol. The molecule has 12 heavy (non-hydrogen) atoms. The molecule has 0 radical (unpaired) electrons. The fourth-order valence-corrected chi connectivity index (χ4v) is 1.39. The van der Waals surface area contributed by atoms with Crippen LogP contribution in [0.3, 0.4) is 0 Å². The van der Waals surface area contributed by atoms with Gasteiger partial charge in [-0.05, 0) is 11.8 Å². The van der Waals surface area contributed by atoms with Crippen LogP contribution >= 0.6 is 0 Å². The van der Waals surface area contributed by atoms with Gasteiger partial charge in [0.05, 0.1) is 0 Å². The highest BCUT2D eigenvalue weighted by Gasteiger charge is 2.50. The Bertz CT molecular complexity index is 234. The van der Waals surface area contributed by atoms with Crippen molar-refractivity contribution < 1.29 is 14.7 Å². The minimum Gasteiger partial charge on any atom is -0.474 e. The minimum absolute atomic E-state index is 0.0971. The van der Waals surface area contributed by atoms with E-state index < -0.39 is 11.9 Å². The Morgan fingerprint density at radius 3 is 2.17 bits per heavy atom. The molecular weight excluding hydrogens is 158 g/mol. The molecule has 0 spiro atoms. The summed E-state index contributed by atoms with van der Waals surface area (Å²) in [4.78, 5) is 22.5. The lowest BCUT2D eigenvalue weighted by atomic mass is 10.2. The van der Waals surface area contributed by atoms with Gasteiger partial charge in [-0.3, -0.25) is 4.79 Å². The summed E-state index contributed by atoms with van der Waals surface area (Å²) >= 11 is 0. The van der Waals surface area contributed by atoms with Crippen molar-refractivity contribution in [3.05, 3.63) is 0 Å². The molecular formula is C8H13NO3. The molecule has 0 aliphatic heterocycles. The van der Waals surface area contributed by atoms with Crippen LogP contribution in [0.15, 0.2) is 0 Å². The number of carboxylic acids is 1. The zero-order valence-corrected chi connectivity index (χ0v) is 7.50. The largest absolute Gasteiger partial charge is 0.474 e. The van der Waals surface area contributed by atoms with Gasteiger partial charge in [-0.25, -0.2) is 4.79 Å². The number of hydrogen-bond donors (Lipinski definition) is 1. The second kappa shape index (κ2) is 2.47. The third-order valence-corrected chi connectivity index (χ3v) is 2.43. The van der Waals surface area contributed by atoms with Crippen LogP contribution in [0.5, 0.6) is 0 Å². The fourth-order valence-electron chi connectivity index (χ4n) is 1.39. The molecule has 4 nitrogen and oxygen atoms in total. The van der Waals surface area contributed by atoms with E-state index in [0.717, 1.165) is 6.42 Å². The highest BCUT2D eigenvalue weighted by molar-refractivity contribution is 6.31. The number of carbonyl (C=O) groups excluding carboxylic acids is 1. The minimum atomic E-state index is -1.37. The van der Waals surface area contributed by atoms with Gasteiger partial charge in [0.2, 0.25) is 0 Å². The summed E-state index contributed by atoms with van der Waals surface area (Å²) in [6.07, 6.45) is 0.891. The maximum Gasteiger partial charge on any atom is 0.394 e. The summed E-state index contributed by atoms with van der Waals surface area (Å²) in [5, 5.41) is 8.41. The molecule has 1 atom stereocenters. The second-order valence-corrected chi connectivity index (χ2v) is 3.93. The first-order valence-corrected chi connectivity index (χ1v) is 3.86. The maximum atomic E-state index is 10.9. The van der Waals surface area contributed by atoms with E-state index in [-0.39, 0.29) is 11.5 Å². The first kappa shape index (κ1) is 9.03. The van der Waals surface area contributed by atoms with Gasteiger partial charge >= 0.3 is 11.9 Å². The summed E-state index contributed by atoms with van der Waals surface area (Å²) in [6, 6.07) is 0.0982. The first-order valence-electron chi connectivity index (χ1n) is 3.86. The monoisotopic (exact) mass is 171 g/mol. The molecule has 1 fully saturated rings. The van der Waals surface area contributed by atoms with Crippen LogP contribution in [0.4, 0.5) is 0 Å². The zero-order chi connectivity index (χ0) is 9.52. The molecule has 0 aromatic heterocycles. The Labute approximate surface area is 71.2 Å². The van der Waals surface area contributed by atoms with Crippen LogP contribution in [-0.4, -0.2) is 35.0 Å². The lowest BCUT2D eigenvalue weighted by Gasteiger charge is -2.15. The second-order valence-electron chi connectivity index (χ2n) is 3.93. The van der Waals surface area contributed by atoms with Crippen molar-refractivity contribution in [1.82, 2.24) is 4.90 Å². The summed E-state index contributed by atoms with van der Waals surface area (Å²) < 4.78 is 0. The Hall–Kier alpha value is -1.06. The van der Waals surface area contributed by atoms with Gasteiger partial charge in [0.1, 0.15) is 0 Å². The van der Waals surface area contributed by atoms with Crippen LogP contribution in [0.1, 0.15) is 20.3 Å². The number of carboxylic acid groups (broad SMARTS) is 1. The van der Waals surface area contributed by atoms with E-state index in [0.29, 0.717) is 0 Å². The smallest absolute Gasteiger partial charge is 0.394 e. The van der Waals surface area contributed by atoms with E-state index in [4.69, 9.17) is 5.11 Å². The molecule has 4 heteroatoms. The maximum absolute atomic E-state index is 10.9. The first-order chi connectivity index (χ1) is 5.36. The van der Waals surface area contributed by atoms with Crippen molar-refractivity contribution in [2.45, 2.75) is 26.3 Å². The van der Waals surface area contributed by atoms with Crippen molar-refractivity contribution in [2.75, 3.05) is 7.05 Å². The van der Waals surface area contributed by atoms with Gasteiger partial charge in [0.15, 0.2) is 0 Å². The van der Waals surface area contributed by atoms with Crippen LogP contribution in [0.25, 0.3) is 0 Å². The van der Waals surface area contributed by atoms with E-state index in [9.17, 15) is 9.59 Å². The number of rotatable bonds is 1. The van der Waals surface area contributed by atoms with Crippen molar-refractivity contribution in [2.24, 2.45) is 5.41 Å².